The average Bonchev–Trinajstić information content (AvgIpc) is 3.15. The minimum Gasteiger partial charge on any atom is -0.319 e. The number of carbonyl (C=O) groups excluding carboxylic acids is 1. The van der Waals surface area contributed by atoms with Crippen molar-refractivity contribution in [3.05, 3.63) is 48.2 Å². The van der Waals surface area contributed by atoms with Crippen molar-refractivity contribution in [1.82, 2.24) is 19.2 Å². The van der Waals surface area contributed by atoms with E-state index in [1.165, 1.54) is 6.20 Å². The number of carbonyl (C=O) groups is 1. The second-order valence-electron chi connectivity index (χ2n) is 5.97. The Balaban J connectivity index is 1.62. The summed E-state index contributed by atoms with van der Waals surface area (Å²) in [5.41, 5.74) is 0.441. The molecule has 3 heterocycles. The summed E-state index contributed by atoms with van der Waals surface area (Å²) in [6.45, 7) is 0. The number of rotatable bonds is 4. The third-order valence-corrected chi connectivity index (χ3v) is 5.32. The maximum atomic E-state index is 13.3. The lowest BCUT2D eigenvalue weighted by molar-refractivity contribution is 0.102. The van der Waals surface area contributed by atoms with Crippen molar-refractivity contribution in [3.63, 3.8) is 0 Å². The van der Waals surface area contributed by atoms with Crippen molar-refractivity contribution in [2.75, 3.05) is 5.32 Å². The Hall–Kier alpha value is -2.04. The number of nitrogens with one attached hydrogen (secondary N) is 1. The number of fused-ring (bicyclic) bond motifs is 1. The molecule has 1 saturated carbocycles. The number of anilines is 1. The Labute approximate surface area is 155 Å². The molecule has 1 N–H and O–H groups in total. The monoisotopic (exact) mass is 457 g/mol. The average molecular weight is 457 g/mol. The van der Waals surface area contributed by atoms with Gasteiger partial charge in [0.05, 0.1) is 17.3 Å². The molecule has 1 aliphatic rings. The first kappa shape index (κ1) is 16.4. The highest BCUT2D eigenvalue weighted by Gasteiger charge is 2.31. The van der Waals surface area contributed by atoms with E-state index in [9.17, 15) is 13.6 Å². The molecule has 0 spiro atoms. The molecule has 0 bridgehead atoms. The van der Waals surface area contributed by atoms with Crippen molar-refractivity contribution in [2.45, 2.75) is 29.2 Å². The van der Waals surface area contributed by atoms with E-state index < -0.39 is 18.0 Å². The number of hydrogen-bond acceptors (Lipinski definition) is 3. The first-order valence-corrected chi connectivity index (χ1v) is 9.02. The van der Waals surface area contributed by atoms with E-state index in [1.807, 2.05) is 0 Å². The molecule has 6 nitrogen and oxygen atoms in total. The zero-order valence-corrected chi connectivity index (χ0v) is 15.1. The van der Waals surface area contributed by atoms with Crippen LogP contribution in [0.1, 0.15) is 41.4 Å². The van der Waals surface area contributed by atoms with Gasteiger partial charge >= 0.3 is 0 Å². The summed E-state index contributed by atoms with van der Waals surface area (Å²) >= 11 is 2.33. The maximum Gasteiger partial charge on any atom is 0.284 e. The number of aromatic nitrogens is 4. The molecular weight excluding hydrogens is 443 g/mol. The first-order valence-electron chi connectivity index (χ1n) is 7.77. The van der Waals surface area contributed by atoms with E-state index in [4.69, 9.17) is 0 Å². The zero-order valence-electron chi connectivity index (χ0n) is 12.9. The second-order valence-corrected chi connectivity index (χ2v) is 7.73. The van der Waals surface area contributed by atoms with Gasteiger partial charge in [0.2, 0.25) is 0 Å². The van der Waals surface area contributed by atoms with E-state index in [-0.39, 0.29) is 11.7 Å². The number of nitrogens with zero attached hydrogens (tertiary/aromatic N) is 4. The Morgan fingerprint density at radius 1 is 1.36 bits per heavy atom. The SMILES string of the molecule is O=C(Nc1cn(C2CC(I)C2)nc1C(F)F)c1ccn2cccnc12. The summed E-state index contributed by atoms with van der Waals surface area (Å²) in [5.74, 6) is -0.483. The van der Waals surface area contributed by atoms with Crippen LogP contribution < -0.4 is 5.32 Å². The summed E-state index contributed by atoms with van der Waals surface area (Å²) in [6, 6.07) is 3.46. The normalized spacial score (nSPS) is 20.0. The zero-order chi connectivity index (χ0) is 17.6. The molecule has 0 unspecified atom stereocenters. The molecule has 0 aromatic carbocycles. The van der Waals surface area contributed by atoms with E-state index in [2.05, 4.69) is 38.0 Å². The van der Waals surface area contributed by atoms with Gasteiger partial charge in [0, 0.05) is 28.7 Å². The highest BCUT2D eigenvalue weighted by atomic mass is 127. The summed E-state index contributed by atoms with van der Waals surface area (Å²) in [7, 11) is 0. The topological polar surface area (TPSA) is 64.2 Å². The fraction of sp³-hybridized carbons (Fsp3) is 0.312. The predicted molar refractivity (Wildman–Crippen MR) is 96.4 cm³/mol. The van der Waals surface area contributed by atoms with Crippen LogP contribution in [0.15, 0.2) is 36.9 Å². The molecule has 9 heteroatoms. The van der Waals surface area contributed by atoms with Crippen molar-refractivity contribution < 1.29 is 13.6 Å². The van der Waals surface area contributed by atoms with Crippen LogP contribution in [0.2, 0.25) is 0 Å². The molecule has 3 aromatic rings. The smallest absolute Gasteiger partial charge is 0.284 e. The quantitative estimate of drug-likeness (QED) is 0.478. The summed E-state index contributed by atoms with van der Waals surface area (Å²) in [5, 5.41) is 6.55. The summed E-state index contributed by atoms with van der Waals surface area (Å²) in [4.78, 5) is 16.7. The van der Waals surface area contributed by atoms with Gasteiger partial charge in [-0.15, -0.1) is 0 Å². The van der Waals surface area contributed by atoms with Crippen LogP contribution >= 0.6 is 22.6 Å². The lowest BCUT2D eigenvalue weighted by atomic mass is 9.93. The minimum absolute atomic E-state index is 0.0483. The van der Waals surface area contributed by atoms with Gasteiger partial charge in [-0.2, -0.15) is 5.10 Å². The molecular formula is C16H14F2IN5O. The predicted octanol–water partition coefficient (Wildman–Crippen LogP) is 3.86. The minimum atomic E-state index is -2.75. The second kappa shape index (κ2) is 6.36. The molecule has 0 atom stereocenters. The lowest BCUT2D eigenvalue weighted by Gasteiger charge is -2.31. The van der Waals surface area contributed by atoms with E-state index in [0.29, 0.717) is 15.1 Å². The summed E-state index contributed by atoms with van der Waals surface area (Å²) < 4.78 is 30.4. The Morgan fingerprint density at radius 3 is 2.88 bits per heavy atom. The van der Waals surface area contributed by atoms with Crippen LogP contribution in [0, 0.1) is 0 Å². The van der Waals surface area contributed by atoms with Crippen LogP contribution in [0.4, 0.5) is 14.5 Å². The van der Waals surface area contributed by atoms with Crippen LogP contribution in [-0.4, -0.2) is 29.0 Å². The number of amides is 1. The van der Waals surface area contributed by atoms with Gasteiger partial charge in [-0.25, -0.2) is 13.8 Å². The van der Waals surface area contributed by atoms with Gasteiger partial charge in [-0.3, -0.25) is 9.48 Å². The number of hydrogen-bond donors (Lipinski definition) is 1. The molecule has 0 aliphatic heterocycles. The first-order chi connectivity index (χ1) is 12.0. The van der Waals surface area contributed by atoms with Gasteiger partial charge in [-0.1, -0.05) is 22.6 Å². The molecule has 130 valence electrons. The molecule has 4 rings (SSSR count). The Morgan fingerprint density at radius 2 is 2.16 bits per heavy atom. The third-order valence-electron chi connectivity index (χ3n) is 4.31. The summed E-state index contributed by atoms with van der Waals surface area (Å²) in [6.07, 6.45) is 5.57. The standard InChI is InChI=1S/C16H14F2IN5O/c17-14(18)13-12(8-24(22-13)10-6-9(19)7-10)21-16(25)11-2-5-23-4-1-3-20-15(11)23/h1-5,8-10,14H,6-7H2,(H,21,25). The fourth-order valence-corrected chi connectivity index (χ4v) is 4.07. The van der Waals surface area contributed by atoms with E-state index >= 15 is 0 Å². The van der Waals surface area contributed by atoms with Crippen molar-refractivity contribution >= 4 is 39.8 Å². The largest absolute Gasteiger partial charge is 0.319 e. The number of halogens is 3. The van der Waals surface area contributed by atoms with E-state index in [1.54, 1.807) is 39.8 Å². The van der Waals surface area contributed by atoms with E-state index in [0.717, 1.165) is 12.8 Å². The van der Waals surface area contributed by atoms with Crippen LogP contribution in [0.5, 0.6) is 0 Å². The van der Waals surface area contributed by atoms with Gasteiger partial charge in [0.15, 0.2) is 5.69 Å². The van der Waals surface area contributed by atoms with Crippen molar-refractivity contribution in [2.24, 2.45) is 0 Å². The fourth-order valence-electron chi connectivity index (χ4n) is 2.89. The lowest BCUT2D eigenvalue weighted by Crippen LogP contribution is -2.27. The van der Waals surface area contributed by atoms with Gasteiger partial charge in [0.25, 0.3) is 12.3 Å². The molecule has 1 fully saturated rings. The molecule has 1 amide bonds. The van der Waals surface area contributed by atoms with Crippen molar-refractivity contribution in [1.29, 1.82) is 0 Å². The van der Waals surface area contributed by atoms with Gasteiger partial charge in [0.1, 0.15) is 5.65 Å². The Kier molecular flexibility index (Phi) is 4.18. The molecule has 0 saturated heterocycles. The molecule has 0 radical (unpaired) electrons. The molecule has 1 aliphatic carbocycles. The highest BCUT2D eigenvalue weighted by molar-refractivity contribution is 14.1. The molecule has 3 aromatic heterocycles. The van der Waals surface area contributed by atoms with Gasteiger partial charge in [-0.05, 0) is 25.0 Å². The number of alkyl halides is 3. The third kappa shape index (κ3) is 3.00. The van der Waals surface area contributed by atoms with Crippen molar-refractivity contribution in [3.8, 4) is 0 Å². The maximum absolute atomic E-state index is 13.3. The van der Waals surface area contributed by atoms with Crippen LogP contribution in [-0.2, 0) is 0 Å². The highest BCUT2D eigenvalue weighted by Crippen LogP contribution is 2.39. The van der Waals surface area contributed by atoms with Crippen LogP contribution in [0.3, 0.4) is 0 Å². The van der Waals surface area contributed by atoms with Gasteiger partial charge < -0.3 is 9.72 Å². The molecule has 25 heavy (non-hydrogen) atoms. The Bertz CT molecular complexity index is 932. The van der Waals surface area contributed by atoms with Crippen LogP contribution in [0.25, 0.3) is 5.65 Å².